The molecule has 3 nitrogen and oxygen atoms in total. The quantitative estimate of drug-likeness (QED) is 0.812. The molecule has 1 heterocycles. The number of aromatic nitrogens is 1. The molecule has 5 heteroatoms. The van der Waals surface area contributed by atoms with E-state index in [1.807, 2.05) is 0 Å². The molecule has 0 unspecified atom stereocenters. The van der Waals surface area contributed by atoms with E-state index in [1.54, 1.807) is 18.3 Å². The van der Waals surface area contributed by atoms with Crippen molar-refractivity contribution in [3.05, 3.63) is 23.4 Å². The highest BCUT2D eigenvalue weighted by Crippen LogP contribution is 2.11. The Morgan fingerprint density at radius 2 is 2.36 bits per heavy atom. The molecule has 1 rings (SSSR count). The summed E-state index contributed by atoms with van der Waals surface area (Å²) in [5, 5.41) is 3.17. The fraction of sp³-hybridized carbons (Fsp3) is 0.333. The zero-order valence-corrected chi connectivity index (χ0v) is 8.98. The van der Waals surface area contributed by atoms with Crippen molar-refractivity contribution in [1.82, 2.24) is 4.98 Å². The third-order valence-electron chi connectivity index (χ3n) is 1.53. The van der Waals surface area contributed by atoms with E-state index in [0.717, 1.165) is 0 Å². The van der Waals surface area contributed by atoms with Gasteiger partial charge in [-0.15, -0.1) is 11.6 Å². The van der Waals surface area contributed by atoms with Crippen molar-refractivity contribution in [2.75, 3.05) is 11.2 Å². The Kier molecular flexibility index (Phi) is 4.70. The molecular weight excluding hydrogens is 223 g/mol. The van der Waals surface area contributed by atoms with Gasteiger partial charge in [-0.25, -0.2) is 4.98 Å². The summed E-state index contributed by atoms with van der Waals surface area (Å²) in [5.74, 6) is 0.855. The average molecular weight is 233 g/mol. The van der Waals surface area contributed by atoms with Crippen molar-refractivity contribution in [1.29, 1.82) is 0 Å². The van der Waals surface area contributed by atoms with Crippen molar-refractivity contribution in [2.45, 2.75) is 12.8 Å². The molecule has 1 amide bonds. The molecule has 0 aliphatic heterocycles. The van der Waals surface area contributed by atoms with Gasteiger partial charge in [0.15, 0.2) is 0 Å². The summed E-state index contributed by atoms with van der Waals surface area (Å²) < 4.78 is 0. The van der Waals surface area contributed by atoms with Crippen LogP contribution in [0.5, 0.6) is 0 Å². The van der Waals surface area contributed by atoms with Crippen LogP contribution in [0.15, 0.2) is 18.3 Å². The highest BCUT2D eigenvalue weighted by atomic mass is 35.5. The highest BCUT2D eigenvalue weighted by molar-refractivity contribution is 6.30. The lowest BCUT2D eigenvalue weighted by atomic mass is 10.3. The molecule has 14 heavy (non-hydrogen) atoms. The summed E-state index contributed by atoms with van der Waals surface area (Å²) in [4.78, 5) is 15.2. The SMILES string of the molecule is O=C(CCCCl)Nc1cc(Cl)ccn1. The molecule has 0 spiro atoms. The molecule has 0 aromatic carbocycles. The molecule has 0 aliphatic carbocycles. The number of anilines is 1. The van der Waals surface area contributed by atoms with Gasteiger partial charge in [0.2, 0.25) is 5.91 Å². The van der Waals surface area contributed by atoms with Gasteiger partial charge < -0.3 is 5.32 Å². The monoisotopic (exact) mass is 232 g/mol. The van der Waals surface area contributed by atoms with E-state index in [4.69, 9.17) is 23.2 Å². The molecule has 0 atom stereocenters. The smallest absolute Gasteiger partial charge is 0.225 e. The van der Waals surface area contributed by atoms with Crippen molar-refractivity contribution in [2.24, 2.45) is 0 Å². The number of carbonyl (C=O) groups is 1. The number of alkyl halides is 1. The Morgan fingerprint density at radius 1 is 1.57 bits per heavy atom. The van der Waals surface area contributed by atoms with Crippen LogP contribution in [0.4, 0.5) is 5.82 Å². The molecule has 0 bridgehead atoms. The molecule has 0 aliphatic rings. The molecule has 0 radical (unpaired) electrons. The van der Waals surface area contributed by atoms with Crippen molar-refractivity contribution in [3.63, 3.8) is 0 Å². The predicted octanol–water partition coefficient (Wildman–Crippen LogP) is 2.69. The first kappa shape index (κ1) is 11.3. The predicted molar refractivity (Wildman–Crippen MR) is 57.8 cm³/mol. The summed E-state index contributed by atoms with van der Waals surface area (Å²) >= 11 is 11.2. The van der Waals surface area contributed by atoms with Crippen LogP contribution < -0.4 is 5.32 Å². The minimum absolute atomic E-state index is 0.0968. The van der Waals surface area contributed by atoms with Crippen LogP contribution in [-0.4, -0.2) is 16.8 Å². The lowest BCUT2D eigenvalue weighted by Crippen LogP contribution is -2.12. The molecule has 1 aromatic rings. The van der Waals surface area contributed by atoms with Crippen LogP contribution >= 0.6 is 23.2 Å². The van der Waals surface area contributed by atoms with Crippen LogP contribution in [-0.2, 0) is 4.79 Å². The molecule has 1 N–H and O–H groups in total. The maximum atomic E-state index is 11.2. The molecular formula is C9H10Cl2N2O. The first-order chi connectivity index (χ1) is 6.72. The first-order valence-corrected chi connectivity index (χ1v) is 5.11. The average Bonchev–Trinajstić information content (AvgIpc) is 2.15. The normalized spacial score (nSPS) is 9.86. The molecule has 0 saturated heterocycles. The van der Waals surface area contributed by atoms with Crippen molar-refractivity contribution < 1.29 is 4.79 Å². The van der Waals surface area contributed by atoms with Crippen LogP contribution in [0.3, 0.4) is 0 Å². The summed E-state index contributed by atoms with van der Waals surface area (Å²) in [6.07, 6.45) is 2.60. The van der Waals surface area contributed by atoms with E-state index in [9.17, 15) is 4.79 Å². The Morgan fingerprint density at radius 3 is 3.00 bits per heavy atom. The second kappa shape index (κ2) is 5.83. The van der Waals surface area contributed by atoms with Gasteiger partial charge >= 0.3 is 0 Å². The molecule has 1 aromatic heterocycles. The van der Waals surface area contributed by atoms with E-state index in [1.165, 1.54) is 0 Å². The molecule has 76 valence electrons. The fourth-order valence-corrected chi connectivity index (χ4v) is 1.20. The second-order valence-electron chi connectivity index (χ2n) is 2.70. The number of halogens is 2. The van der Waals surface area contributed by atoms with Gasteiger partial charge in [0, 0.05) is 23.5 Å². The summed E-state index contributed by atoms with van der Waals surface area (Å²) in [7, 11) is 0. The van der Waals surface area contributed by atoms with Crippen LogP contribution in [0.1, 0.15) is 12.8 Å². The number of hydrogen-bond donors (Lipinski definition) is 1. The molecule has 0 saturated carbocycles. The summed E-state index contributed by atoms with van der Waals surface area (Å²) in [6, 6.07) is 3.25. The number of nitrogens with zero attached hydrogens (tertiary/aromatic N) is 1. The maximum absolute atomic E-state index is 11.2. The van der Waals surface area contributed by atoms with Gasteiger partial charge in [-0.3, -0.25) is 4.79 Å². The van der Waals surface area contributed by atoms with E-state index in [-0.39, 0.29) is 5.91 Å². The van der Waals surface area contributed by atoms with E-state index in [0.29, 0.717) is 29.6 Å². The standard InChI is InChI=1S/C9H10Cl2N2O/c10-4-1-2-9(14)13-8-6-7(11)3-5-12-8/h3,5-6H,1-2,4H2,(H,12,13,14). The van der Waals surface area contributed by atoms with Crippen LogP contribution in [0, 0.1) is 0 Å². The zero-order valence-electron chi connectivity index (χ0n) is 7.46. The van der Waals surface area contributed by atoms with Gasteiger partial charge in [-0.05, 0) is 18.6 Å². The number of nitrogens with one attached hydrogen (secondary N) is 1. The Labute approximate surface area is 92.4 Å². The van der Waals surface area contributed by atoms with E-state index in [2.05, 4.69) is 10.3 Å². The lowest BCUT2D eigenvalue weighted by molar-refractivity contribution is -0.116. The Hall–Kier alpha value is -0.800. The second-order valence-corrected chi connectivity index (χ2v) is 3.51. The minimum atomic E-state index is -0.0968. The summed E-state index contributed by atoms with van der Waals surface area (Å²) in [6.45, 7) is 0. The van der Waals surface area contributed by atoms with Gasteiger partial charge in [0.25, 0.3) is 0 Å². The molecule has 0 fully saturated rings. The van der Waals surface area contributed by atoms with Gasteiger partial charge in [-0.2, -0.15) is 0 Å². The number of rotatable bonds is 4. The van der Waals surface area contributed by atoms with Crippen molar-refractivity contribution in [3.8, 4) is 0 Å². The van der Waals surface area contributed by atoms with Gasteiger partial charge in [0.05, 0.1) is 0 Å². The lowest BCUT2D eigenvalue weighted by Gasteiger charge is -2.02. The Bertz CT molecular complexity index is 317. The van der Waals surface area contributed by atoms with Crippen LogP contribution in [0.2, 0.25) is 5.02 Å². The largest absolute Gasteiger partial charge is 0.311 e. The van der Waals surface area contributed by atoms with Crippen LogP contribution in [0.25, 0.3) is 0 Å². The fourth-order valence-electron chi connectivity index (χ4n) is 0.906. The highest BCUT2D eigenvalue weighted by Gasteiger charge is 2.02. The number of carbonyl (C=O) groups excluding carboxylic acids is 1. The number of amides is 1. The topological polar surface area (TPSA) is 42.0 Å². The van der Waals surface area contributed by atoms with E-state index < -0.39 is 0 Å². The zero-order chi connectivity index (χ0) is 10.4. The minimum Gasteiger partial charge on any atom is -0.311 e. The third kappa shape index (κ3) is 3.94. The Balaban J connectivity index is 2.47. The maximum Gasteiger partial charge on any atom is 0.225 e. The van der Waals surface area contributed by atoms with Gasteiger partial charge in [0.1, 0.15) is 5.82 Å². The van der Waals surface area contributed by atoms with Crippen molar-refractivity contribution >= 4 is 34.9 Å². The first-order valence-electron chi connectivity index (χ1n) is 4.20. The third-order valence-corrected chi connectivity index (χ3v) is 2.03. The number of pyridine rings is 1. The van der Waals surface area contributed by atoms with Gasteiger partial charge in [-0.1, -0.05) is 11.6 Å². The number of hydrogen-bond acceptors (Lipinski definition) is 2. The summed E-state index contributed by atoms with van der Waals surface area (Å²) in [5.41, 5.74) is 0. The van der Waals surface area contributed by atoms with E-state index >= 15 is 0 Å².